The van der Waals surface area contributed by atoms with Crippen LogP contribution in [-0.4, -0.2) is 9.97 Å². The minimum absolute atomic E-state index is 0. The van der Waals surface area contributed by atoms with Crippen molar-refractivity contribution in [3.05, 3.63) is 59.3 Å². The zero-order chi connectivity index (χ0) is 13.4. The van der Waals surface area contributed by atoms with Crippen LogP contribution in [0.2, 0.25) is 0 Å². The molecule has 5 heteroatoms. The van der Waals surface area contributed by atoms with E-state index in [4.69, 9.17) is 9.97 Å². The van der Waals surface area contributed by atoms with Gasteiger partial charge in [0.1, 0.15) is 11.4 Å². The molecule has 0 saturated carbocycles. The third-order valence-corrected chi connectivity index (χ3v) is 4.83. The van der Waals surface area contributed by atoms with Crippen LogP contribution in [0.3, 0.4) is 0 Å². The number of para-hydroxylation sites is 2. The largest absolute Gasteiger partial charge is 0.243 e. The van der Waals surface area contributed by atoms with E-state index in [1.807, 2.05) is 24.3 Å². The molecular weight excluding hydrogens is 348 g/mol. The van der Waals surface area contributed by atoms with Crippen molar-refractivity contribution in [1.29, 1.82) is 0 Å². The first-order valence-electron chi connectivity index (χ1n) is 6.26. The first kappa shape index (κ1) is 14.4. The summed E-state index contributed by atoms with van der Waals surface area (Å²) in [5, 5.41) is 4.15. The zero-order valence-electron chi connectivity index (χ0n) is 10.8. The summed E-state index contributed by atoms with van der Waals surface area (Å²) in [6.07, 6.45) is 0. The summed E-state index contributed by atoms with van der Waals surface area (Å²) < 4.78 is 0. The molecule has 0 N–H and O–H groups in total. The van der Waals surface area contributed by atoms with Crippen molar-refractivity contribution < 1.29 is 17.1 Å². The Morgan fingerprint density at radius 1 is 0.619 bits per heavy atom. The van der Waals surface area contributed by atoms with Crippen LogP contribution in [0.25, 0.3) is 32.2 Å². The van der Waals surface area contributed by atoms with Crippen molar-refractivity contribution in [3.63, 3.8) is 0 Å². The van der Waals surface area contributed by atoms with E-state index in [1.165, 1.54) is 0 Å². The van der Waals surface area contributed by atoms with Crippen molar-refractivity contribution in [2.75, 3.05) is 0 Å². The Kier molecular flexibility index (Phi) is 4.17. The quantitative estimate of drug-likeness (QED) is 0.467. The van der Waals surface area contributed by atoms with Gasteiger partial charge in [-0.1, -0.05) is 24.3 Å². The van der Waals surface area contributed by atoms with Crippen LogP contribution in [0.1, 0.15) is 0 Å². The average Bonchev–Trinajstić information content (AvgIpc) is 3.19. The Labute approximate surface area is 141 Å². The van der Waals surface area contributed by atoms with Crippen molar-refractivity contribution >= 4 is 33.7 Å². The van der Waals surface area contributed by atoms with Gasteiger partial charge < -0.3 is 0 Å². The number of rotatable bonds is 2. The average molecular weight is 358 g/mol. The van der Waals surface area contributed by atoms with Crippen molar-refractivity contribution in [3.8, 4) is 21.1 Å². The molecule has 21 heavy (non-hydrogen) atoms. The Balaban J connectivity index is 0.00000132. The van der Waals surface area contributed by atoms with Crippen LogP contribution in [0.4, 0.5) is 0 Å². The van der Waals surface area contributed by atoms with Crippen LogP contribution >= 0.6 is 22.7 Å². The summed E-state index contributed by atoms with van der Waals surface area (Å²) in [6, 6.07) is 16.3. The maximum Gasteiger partial charge on any atom is 0.108 e. The van der Waals surface area contributed by atoms with E-state index < -0.39 is 0 Å². The number of nitrogens with zero attached hydrogens (tertiary/aromatic N) is 2. The number of hydrogen-bond donors (Lipinski definition) is 0. The molecule has 0 amide bonds. The van der Waals surface area contributed by atoms with E-state index in [-0.39, 0.29) is 17.1 Å². The predicted octanol–water partition coefficient (Wildman–Crippen LogP) is 5.08. The van der Waals surface area contributed by atoms with Gasteiger partial charge in [0.05, 0.1) is 20.8 Å². The Bertz CT molecular complexity index is 783. The molecule has 0 aliphatic carbocycles. The molecule has 0 atom stereocenters. The van der Waals surface area contributed by atoms with Crippen LogP contribution in [0.5, 0.6) is 0 Å². The molecule has 0 unspecified atom stereocenters. The van der Waals surface area contributed by atoms with Gasteiger partial charge in [-0.05, 0) is 35.0 Å². The smallest absolute Gasteiger partial charge is 0.108 e. The number of benzene rings is 1. The van der Waals surface area contributed by atoms with Crippen molar-refractivity contribution in [2.24, 2.45) is 0 Å². The first-order chi connectivity index (χ1) is 9.92. The Morgan fingerprint density at radius 3 is 1.48 bits per heavy atom. The fourth-order valence-electron chi connectivity index (χ4n) is 2.17. The summed E-state index contributed by atoms with van der Waals surface area (Å²) in [6.45, 7) is 0. The van der Waals surface area contributed by atoms with E-state index in [0.29, 0.717) is 0 Å². The molecule has 0 spiro atoms. The molecule has 0 saturated heterocycles. The zero-order valence-corrected chi connectivity index (χ0v) is 13.4. The summed E-state index contributed by atoms with van der Waals surface area (Å²) >= 11 is 3.40. The molecule has 2 nitrogen and oxygen atoms in total. The summed E-state index contributed by atoms with van der Waals surface area (Å²) in [5.74, 6) is 0. The minimum atomic E-state index is 0. The van der Waals surface area contributed by atoms with Gasteiger partial charge in [-0.2, -0.15) is 0 Å². The van der Waals surface area contributed by atoms with Crippen LogP contribution < -0.4 is 0 Å². The SMILES string of the molecule is [Cu].c1csc(-c2nc3ccccc3nc2-c2cccs2)c1. The monoisotopic (exact) mass is 357 g/mol. The summed E-state index contributed by atoms with van der Waals surface area (Å²) in [7, 11) is 0. The number of fused-ring (bicyclic) bond motifs is 1. The van der Waals surface area contributed by atoms with E-state index >= 15 is 0 Å². The third kappa shape index (κ3) is 2.65. The second-order valence-electron chi connectivity index (χ2n) is 4.36. The number of thiophene rings is 2. The van der Waals surface area contributed by atoms with E-state index in [0.717, 1.165) is 32.2 Å². The Hall–Kier alpha value is -1.52. The van der Waals surface area contributed by atoms with E-state index in [9.17, 15) is 0 Å². The second-order valence-corrected chi connectivity index (χ2v) is 6.26. The molecule has 107 valence electrons. The first-order valence-corrected chi connectivity index (χ1v) is 8.02. The summed E-state index contributed by atoms with van der Waals surface area (Å²) in [4.78, 5) is 12.0. The maximum absolute atomic E-state index is 4.83. The number of hydrogen-bond acceptors (Lipinski definition) is 4. The molecule has 0 aliphatic rings. The third-order valence-electron chi connectivity index (χ3n) is 3.08. The summed E-state index contributed by atoms with van der Waals surface area (Å²) in [5.41, 5.74) is 3.83. The minimum Gasteiger partial charge on any atom is -0.243 e. The Morgan fingerprint density at radius 2 is 1.10 bits per heavy atom. The van der Waals surface area contributed by atoms with Crippen molar-refractivity contribution in [1.82, 2.24) is 9.97 Å². The fraction of sp³-hybridized carbons (Fsp3) is 0. The van der Waals surface area contributed by atoms with Gasteiger partial charge in [-0.3, -0.25) is 0 Å². The molecule has 0 bridgehead atoms. The van der Waals surface area contributed by atoms with Crippen molar-refractivity contribution in [2.45, 2.75) is 0 Å². The standard InChI is InChI=1S/C16H10N2S2.Cu/c1-2-6-12-11(5-1)17-15(13-7-3-9-19-13)16(18-12)14-8-4-10-20-14;/h1-10H;. The molecule has 1 aromatic carbocycles. The molecule has 0 aliphatic heterocycles. The van der Waals surface area contributed by atoms with Crippen LogP contribution in [0, 0.1) is 0 Å². The topological polar surface area (TPSA) is 25.8 Å². The second kappa shape index (κ2) is 6.08. The molecular formula is C16H10CuN2S2. The molecule has 0 fully saturated rings. The van der Waals surface area contributed by atoms with Crippen LogP contribution in [-0.2, 0) is 17.1 Å². The van der Waals surface area contributed by atoms with Gasteiger partial charge in [0.2, 0.25) is 0 Å². The van der Waals surface area contributed by atoms with E-state index in [1.54, 1.807) is 22.7 Å². The van der Waals surface area contributed by atoms with Gasteiger partial charge in [0.25, 0.3) is 0 Å². The molecule has 4 rings (SSSR count). The molecule has 1 radical (unpaired) electrons. The normalized spacial score (nSPS) is 10.5. The molecule has 4 aromatic rings. The van der Waals surface area contributed by atoms with Gasteiger partial charge >= 0.3 is 0 Å². The van der Waals surface area contributed by atoms with E-state index in [2.05, 4.69) is 35.0 Å². The van der Waals surface area contributed by atoms with Gasteiger partial charge in [-0.15, -0.1) is 22.7 Å². The number of aromatic nitrogens is 2. The van der Waals surface area contributed by atoms with Gasteiger partial charge in [0, 0.05) is 17.1 Å². The molecule has 3 aromatic heterocycles. The van der Waals surface area contributed by atoms with Gasteiger partial charge in [-0.25, -0.2) is 9.97 Å². The predicted molar refractivity (Wildman–Crippen MR) is 86.2 cm³/mol. The molecule has 3 heterocycles. The van der Waals surface area contributed by atoms with Crippen LogP contribution in [0.15, 0.2) is 59.3 Å². The maximum atomic E-state index is 4.83. The fourth-order valence-corrected chi connectivity index (χ4v) is 3.60. The van der Waals surface area contributed by atoms with Gasteiger partial charge in [0.15, 0.2) is 0 Å².